The Morgan fingerprint density at radius 1 is 1.00 bits per heavy atom. The molecule has 0 atom stereocenters. The lowest BCUT2D eigenvalue weighted by Gasteiger charge is -1.92. The number of aromatic nitrogens is 2. The van der Waals surface area contributed by atoms with Crippen LogP contribution in [0, 0.1) is 0 Å². The molecular weight excluding hydrogens is 155 g/mol. The van der Waals surface area contributed by atoms with Crippen LogP contribution in [0.5, 0.6) is 0 Å². The number of hydrogen-bond donors (Lipinski definition) is 2. The summed E-state index contributed by atoms with van der Waals surface area (Å²) in [4.78, 5) is 26.6. The lowest BCUT2D eigenvalue weighted by atomic mass is 10.2. The molecule has 0 amide bonds. The van der Waals surface area contributed by atoms with Crippen molar-refractivity contribution in [3.63, 3.8) is 0 Å². The molecule has 0 radical (unpaired) electrons. The highest BCUT2D eigenvalue weighted by molar-refractivity contribution is 5.76. The first-order chi connectivity index (χ1) is 5.77. The first kappa shape index (κ1) is 6.84. The molecule has 0 aliphatic carbocycles. The molecule has 2 N–H and O–H groups in total. The summed E-state index contributed by atoms with van der Waals surface area (Å²) in [5.41, 5.74) is -0.265. The molecule has 4 nitrogen and oxygen atoms in total. The Labute approximate surface area is 66.9 Å². The second-order valence-corrected chi connectivity index (χ2v) is 2.45. The normalized spacial score (nSPS) is 10.3. The van der Waals surface area contributed by atoms with Crippen molar-refractivity contribution in [2.75, 3.05) is 0 Å². The Morgan fingerprint density at radius 3 is 2.58 bits per heavy atom. The summed E-state index contributed by atoms with van der Waals surface area (Å²) in [6.45, 7) is 0. The molecule has 60 valence electrons. The van der Waals surface area contributed by atoms with Gasteiger partial charge in [0, 0.05) is 0 Å². The summed E-state index contributed by atoms with van der Waals surface area (Å²) in [6.07, 6.45) is 0. The standard InChI is InChI=1S/C8H6N2O2/c11-7-5-3-1-2-4-6(5)9-8(12)10-7/h1-4H,(H2,9,10,11,12)/i8-1. The number of aromatic amines is 2. The van der Waals surface area contributed by atoms with E-state index >= 15 is 0 Å². The molecule has 1 aromatic carbocycles. The van der Waals surface area contributed by atoms with Crippen LogP contribution in [-0.2, 0) is 0 Å². The molecule has 0 aliphatic rings. The van der Waals surface area contributed by atoms with Crippen LogP contribution in [0.1, 0.15) is 0 Å². The Balaban J connectivity index is 3.09. The van der Waals surface area contributed by atoms with Crippen molar-refractivity contribution in [3.05, 3.63) is 45.1 Å². The maximum atomic E-state index is 11.1. The Morgan fingerprint density at radius 2 is 1.75 bits per heavy atom. The van der Waals surface area contributed by atoms with Gasteiger partial charge in [-0.05, 0) is 12.1 Å². The predicted octanol–water partition coefficient (Wildman–Crippen LogP) is 0.216. The van der Waals surface area contributed by atoms with E-state index < -0.39 is 5.69 Å². The Bertz CT molecular complexity index is 524. The van der Waals surface area contributed by atoms with Crippen LogP contribution in [0.3, 0.4) is 0 Å². The van der Waals surface area contributed by atoms with Gasteiger partial charge in [0.25, 0.3) is 5.56 Å². The number of hydrogen-bond acceptors (Lipinski definition) is 2. The minimum absolute atomic E-state index is 0.352. The van der Waals surface area contributed by atoms with Gasteiger partial charge in [-0.1, -0.05) is 12.1 Å². The summed E-state index contributed by atoms with van der Waals surface area (Å²) in [6, 6.07) is 6.85. The highest BCUT2D eigenvalue weighted by Gasteiger charge is 1.96. The fourth-order valence-electron chi connectivity index (χ4n) is 1.11. The third kappa shape index (κ3) is 0.934. The number of benzene rings is 1. The zero-order chi connectivity index (χ0) is 8.55. The van der Waals surface area contributed by atoms with E-state index in [0.29, 0.717) is 10.9 Å². The van der Waals surface area contributed by atoms with E-state index in [9.17, 15) is 9.59 Å². The van der Waals surface area contributed by atoms with E-state index in [-0.39, 0.29) is 5.56 Å². The topological polar surface area (TPSA) is 65.7 Å². The molecule has 12 heavy (non-hydrogen) atoms. The maximum absolute atomic E-state index is 11.1. The maximum Gasteiger partial charge on any atom is 0.326 e. The molecule has 2 rings (SSSR count). The average molecular weight is 161 g/mol. The van der Waals surface area contributed by atoms with E-state index in [0.717, 1.165) is 0 Å². The summed E-state index contributed by atoms with van der Waals surface area (Å²) < 4.78 is 0. The number of fused-ring (bicyclic) bond motifs is 1. The van der Waals surface area contributed by atoms with Gasteiger partial charge in [-0.2, -0.15) is 0 Å². The summed E-state index contributed by atoms with van der Waals surface area (Å²) in [7, 11) is 0. The van der Waals surface area contributed by atoms with Crippen molar-refractivity contribution in [3.8, 4) is 0 Å². The molecule has 1 heterocycles. The molecular formula is C8H6N2O2. The van der Waals surface area contributed by atoms with Gasteiger partial charge in [-0.3, -0.25) is 9.78 Å². The van der Waals surface area contributed by atoms with Crippen LogP contribution in [0.25, 0.3) is 10.9 Å². The van der Waals surface area contributed by atoms with Crippen LogP contribution in [-0.4, -0.2) is 9.97 Å². The third-order valence-electron chi connectivity index (χ3n) is 1.65. The molecule has 0 bridgehead atoms. The Kier molecular flexibility index (Phi) is 1.33. The van der Waals surface area contributed by atoms with Crippen molar-refractivity contribution in [2.24, 2.45) is 0 Å². The van der Waals surface area contributed by atoms with Crippen LogP contribution in [0.4, 0.5) is 0 Å². The van der Waals surface area contributed by atoms with Gasteiger partial charge >= 0.3 is 5.69 Å². The van der Waals surface area contributed by atoms with Crippen molar-refractivity contribution < 1.29 is 0 Å². The van der Waals surface area contributed by atoms with Gasteiger partial charge < -0.3 is 4.98 Å². The van der Waals surface area contributed by atoms with Crippen LogP contribution < -0.4 is 11.2 Å². The van der Waals surface area contributed by atoms with Gasteiger partial charge in [-0.15, -0.1) is 0 Å². The second kappa shape index (κ2) is 2.34. The minimum Gasteiger partial charge on any atom is -0.307 e. The molecule has 0 saturated carbocycles. The monoisotopic (exact) mass is 161 g/mol. The van der Waals surface area contributed by atoms with Crippen molar-refractivity contribution in [2.45, 2.75) is 0 Å². The number of para-hydroxylation sites is 1. The van der Waals surface area contributed by atoms with Gasteiger partial charge in [0.1, 0.15) is 0 Å². The first-order valence-corrected chi connectivity index (χ1v) is 3.49. The molecule has 0 spiro atoms. The van der Waals surface area contributed by atoms with E-state index in [1.54, 1.807) is 24.3 Å². The molecule has 0 aliphatic heterocycles. The molecule has 0 fully saturated rings. The summed E-state index contributed by atoms with van der Waals surface area (Å²) >= 11 is 0. The quantitative estimate of drug-likeness (QED) is 0.580. The fraction of sp³-hybridized carbons (Fsp3) is 0. The van der Waals surface area contributed by atoms with Crippen LogP contribution in [0.2, 0.25) is 0 Å². The number of nitrogens with one attached hydrogen (secondary N) is 2. The predicted molar refractivity (Wildman–Crippen MR) is 45.2 cm³/mol. The van der Waals surface area contributed by atoms with Gasteiger partial charge in [0.15, 0.2) is 0 Å². The Hall–Kier alpha value is -1.84. The second-order valence-electron chi connectivity index (χ2n) is 2.45. The fourth-order valence-corrected chi connectivity index (χ4v) is 1.11. The molecule has 1 aromatic heterocycles. The lowest BCUT2D eigenvalue weighted by Crippen LogP contribution is -2.21. The van der Waals surface area contributed by atoms with Crippen molar-refractivity contribution in [1.82, 2.24) is 9.97 Å². The van der Waals surface area contributed by atoms with Crippen molar-refractivity contribution >= 4 is 10.9 Å². The smallest absolute Gasteiger partial charge is 0.307 e. The van der Waals surface area contributed by atoms with Crippen molar-refractivity contribution in [1.29, 1.82) is 0 Å². The average Bonchev–Trinajstić information content (AvgIpc) is 2.04. The van der Waals surface area contributed by atoms with E-state index in [1.165, 1.54) is 0 Å². The first-order valence-electron chi connectivity index (χ1n) is 3.49. The zero-order valence-corrected chi connectivity index (χ0v) is 6.13. The van der Waals surface area contributed by atoms with E-state index in [1.807, 2.05) is 0 Å². The largest absolute Gasteiger partial charge is 0.326 e. The van der Waals surface area contributed by atoms with E-state index in [4.69, 9.17) is 0 Å². The summed E-state index contributed by atoms with van der Waals surface area (Å²) in [5, 5.41) is 0.497. The summed E-state index contributed by atoms with van der Waals surface area (Å²) in [5.74, 6) is 0. The molecule has 2 aromatic rings. The number of rotatable bonds is 0. The highest BCUT2D eigenvalue weighted by atomic mass is 16.1. The lowest BCUT2D eigenvalue weighted by molar-refractivity contribution is 1.08. The number of H-pyrrole nitrogens is 2. The van der Waals surface area contributed by atoms with E-state index in [2.05, 4.69) is 9.97 Å². The third-order valence-corrected chi connectivity index (χ3v) is 1.65. The van der Waals surface area contributed by atoms with Gasteiger partial charge in [0.2, 0.25) is 0 Å². The van der Waals surface area contributed by atoms with Gasteiger partial charge in [-0.25, -0.2) is 4.79 Å². The zero-order valence-electron chi connectivity index (χ0n) is 6.13. The van der Waals surface area contributed by atoms with Crippen LogP contribution in [0.15, 0.2) is 33.9 Å². The highest BCUT2D eigenvalue weighted by Crippen LogP contribution is 2.01. The minimum atomic E-state index is -0.473. The molecule has 4 heteroatoms. The van der Waals surface area contributed by atoms with Crippen LogP contribution >= 0.6 is 0 Å². The molecule has 0 unspecified atom stereocenters. The molecule has 0 saturated heterocycles. The SMILES string of the molecule is O=c1[nH][11c](=O)[nH]c2ccccc12. The van der Waals surface area contributed by atoms with Gasteiger partial charge in [0.05, 0.1) is 10.9 Å².